The monoisotopic (exact) mass is 739 g/mol. The lowest BCUT2D eigenvalue weighted by molar-refractivity contribution is -0.177. The maximum atomic E-state index is 13.9. The van der Waals surface area contributed by atoms with Crippen molar-refractivity contribution >= 4 is 29.6 Å². The van der Waals surface area contributed by atoms with Crippen LogP contribution < -0.4 is 21.3 Å². The molecule has 2 aromatic carbocycles. The molecule has 0 saturated carbocycles. The van der Waals surface area contributed by atoms with Gasteiger partial charge in [-0.25, -0.2) is 4.79 Å². The van der Waals surface area contributed by atoms with E-state index in [0.717, 1.165) is 10.5 Å². The van der Waals surface area contributed by atoms with E-state index in [1.54, 1.807) is 56.3 Å². The lowest BCUT2D eigenvalue weighted by atomic mass is 9.99. The standard InChI is InChI=1S/C37H49N5O11/c1-20(2)14-26-36(50)51-27(19-43)31-32(53-37(3,4)52-31)30(47)33-40-25(16-22-10-12-23(44)13-11-22)35(49)42(33)18-29(46)38-17-28(45)39-24(34(48)41-26)15-21-8-6-5-7-9-21/h5-13,20,24-27,30-33,40,43-44,47H,14-19H2,1-4H3,(H,38,46)(H,39,45)(H,41,48)/t24?,25-,26?,27+,30+,31+,32+,33?/m0/s1. The van der Waals surface area contributed by atoms with Crippen molar-refractivity contribution in [1.29, 1.82) is 0 Å². The number of hydrogen-bond acceptors (Lipinski definition) is 12. The first-order valence-corrected chi connectivity index (χ1v) is 17.7. The number of hydrogen-bond donors (Lipinski definition) is 7. The quantitative estimate of drug-likeness (QED) is 0.174. The third-order valence-corrected chi connectivity index (χ3v) is 9.31. The SMILES string of the molecule is CC(C)CC1NC(=O)C(Cc2ccccc2)NC(=O)CNC(=O)CN2C(=O)[C@H](Cc3ccc(O)cc3)NC2[C@H](O)[C@H]2OC(C)(C)O[C@@H]2[C@@H](CO)OC1=O. The maximum Gasteiger partial charge on any atom is 0.329 e. The Morgan fingerprint density at radius 1 is 0.849 bits per heavy atom. The Balaban J connectivity index is 1.49. The smallest absolute Gasteiger partial charge is 0.329 e. The molecule has 0 aliphatic carbocycles. The summed E-state index contributed by atoms with van der Waals surface area (Å²) in [5.74, 6) is -4.91. The molecule has 16 heteroatoms. The summed E-state index contributed by atoms with van der Waals surface area (Å²) >= 11 is 0. The minimum atomic E-state index is -1.59. The molecule has 0 aromatic heterocycles. The fourth-order valence-corrected chi connectivity index (χ4v) is 6.82. The Bertz CT molecular complexity index is 1620. The summed E-state index contributed by atoms with van der Waals surface area (Å²) in [7, 11) is 0. The van der Waals surface area contributed by atoms with Gasteiger partial charge in [-0.3, -0.25) is 24.5 Å². The average molecular weight is 740 g/mol. The molecule has 0 radical (unpaired) electrons. The van der Waals surface area contributed by atoms with Crippen LogP contribution in [0.4, 0.5) is 0 Å². The normalized spacial score (nSPS) is 30.0. The molecule has 3 aliphatic heterocycles. The van der Waals surface area contributed by atoms with Crippen LogP contribution in [0.25, 0.3) is 0 Å². The van der Waals surface area contributed by atoms with Crippen LogP contribution in [-0.2, 0) is 51.0 Å². The zero-order valence-corrected chi connectivity index (χ0v) is 30.2. The molecular weight excluding hydrogens is 690 g/mol. The molecule has 3 unspecified atom stereocenters. The van der Waals surface area contributed by atoms with Gasteiger partial charge in [0.2, 0.25) is 23.6 Å². The summed E-state index contributed by atoms with van der Waals surface area (Å²) in [5, 5.41) is 43.1. The number of carbonyl (C=O) groups excluding carboxylic acids is 5. The summed E-state index contributed by atoms with van der Waals surface area (Å²) < 4.78 is 18.0. The highest BCUT2D eigenvalue weighted by atomic mass is 16.8. The van der Waals surface area contributed by atoms with Gasteiger partial charge in [-0.15, -0.1) is 0 Å². The van der Waals surface area contributed by atoms with Crippen molar-refractivity contribution in [3.63, 3.8) is 0 Å². The number of carbonyl (C=O) groups is 5. The fraction of sp³-hybridized carbons (Fsp3) is 0.541. The highest BCUT2D eigenvalue weighted by Crippen LogP contribution is 2.35. The molecule has 0 bridgehead atoms. The van der Waals surface area contributed by atoms with Gasteiger partial charge in [0.1, 0.15) is 48.9 Å². The summed E-state index contributed by atoms with van der Waals surface area (Å²) in [6.07, 6.45) is -6.42. The van der Waals surface area contributed by atoms with Gasteiger partial charge in [0, 0.05) is 6.42 Å². The van der Waals surface area contributed by atoms with Gasteiger partial charge >= 0.3 is 5.97 Å². The summed E-state index contributed by atoms with van der Waals surface area (Å²) in [6, 6.07) is 11.9. The number of amides is 4. The van der Waals surface area contributed by atoms with Crippen LogP contribution in [0.15, 0.2) is 54.6 Å². The van der Waals surface area contributed by atoms with Crippen molar-refractivity contribution in [1.82, 2.24) is 26.2 Å². The molecule has 53 heavy (non-hydrogen) atoms. The van der Waals surface area contributed by atoms with Crippen LogP contribution >= 0.6 is 0 Å². The summed E-state index contributed by atoms with van der Waals surface area (Å²) in [5.41, 5.74) is 1.41. The lowest BCUT2D eigenvalue weighted by Gasteiger charge is -2.34. The first-order valence-electron chi connectivity index (χ1n) is 17.7. The molecule has 3 aliphatic rings. The first-order chi connectivity index (χ1) is 25.1. The third-order valence-electron chi connectivity index (χ3n) is 9.31. The minimum Gasteiger partial charge on any atom is -0.508 e. The average Bonchev–Trinajstić information content (AvgIpc) is 3.60. The van der Waals surface area contributed by atoms with Crippen molar-refractivity contribution in [3.8, 4) is 5.75 Å². The number of cyclic esters (lactones) is 1. The van der Waals surface area contributed by atoms with E-state index < -0.39 is 104 Å². The lowest BCUT2D eigenvalue weighted by Crippen LogP contribution is -2.59. The Morgan fingerprint density at radius 3 is 2.15 bits per heavy atom. The zero-order valence-electron chi connectivity index (χ0n) is 30.2. The van der Waals surface area contributed by atoms with Gasteiger partial charge in [0.05, 0.1) is 19.2 Å². The largest absolute Gasteiger partial charge is 0.508 e. The van der Waals surface area contributed by atoms with E-state index in [9.17, 15) is 39.3 Å². The predicted octanol–water partition coefficient (Wildman–Crippen LogP) is -0.765. The van der Waals surface area contributed by atoms with E-state index >= 15 is 0 Å². The Kier molecular flexibility index (Phi) is 12.7. The first kappa shape index (κ1) is 39.6. The number of aliphatic hydroxyl groups is 2. The van der Waals surface area contributed by atoms with Gasteiger partial charge in [-0.1, -0.05) is 56.3 Å². The van der Waals surface area contributed by atoms with Gasteiger partial charge in [0.25, 0.3) is 0 Å². The summed E-state index contributed by atoms with van der Waals surface area (Å²) in [4.78, 5) is 69.0. The van der Waals surface area contributed by atoms with Crippen LogP contribution in [0, 0.1) is 5.92 Å². The van der Waals surface area contributed by atoms with Crippen molar-refractivity contribution in [3.05, 3.63) is 65.7 Å². The van der Waals surface area contributed by atoms with Gasteiger partial charge in [-0.05, 0) is 55.9 Å². The molecule has 16 nitrogen and oxygen atoms in total. The minimum absolute atomic E-state index is 0.0405. The van der Waals surface area contributed by atoms with Crippen LogP contribution in [0.5, 0.6) is 5.75 Å². The number of esters is 1. The number of phenolic OH excluding ortho intramolecular Hbond substituents is 1. The van der Waals surface area contributed by atoms with Crippen LogP contribution in [0.1, 0.15) is 45.2 Å². The highest BCUT2D eigenvalue weighted by Gasteiger charge is 2.55. The molecule has 4 amide bonds. The number of fused-ring (bicyclic) bond motifs is 2. The molecule has 3 saturated heterocycles. The molecule has 8 atom stereocenters. The Hall–Kier alpha value is -4.61. The summed E-state index contributed by atoms with van der Waals surface area (Å²) in [6.45, 7) is 4.98. The van der Waals surface area contributed by atoms with Crippen LogP contribution in [0.2, 0.25) is 0 Å². The molecule has 2 aromatic rings. The van der Waals surface area contributed by atoms with E-state index in [-0.39, 0.29) is 30.9 Å². The van der Waals surface area contributed by atoms with E-state index in [0.29, 0.717) is 5.56 Å². The van der Waals surface area contributed by atoms with Gasteiger partial charge < -0.3 is 50.4 Å². The third kappa shape index (κ3) is 10.1. The number of nitrogens with one attached hydrogen (secondary N) is 4. The zero-order chi connectivity index (χ0) is 38.4. The van der Waals surface area contributed by atoms with Crippen LogP contribution in [0.3, 0.4) is 0 Å². The molecule has 7 N–H and O–H groups in total. The van der Waals surface area contributed by atoms with Gasteiger partial charge in [0.15, 0.2) is 11.9 Å². The molecular formula is C37H49N5O11. The van der Waals surface area contributed by atoms with Gasteiger partial charge in [-0.2, -0.15) is 0 Å². The van der Waals surface area contributed by atoms with Crippen LogP contribution in [-0.4, -0.2) is 124 Å². The number of aromatic hydroxyl groups is 1. The second-order valence-corrected chi connectivity index (χ2v) is 14.5. The van der Waals surface area contributed by atoms with Crippen molar-refractivity contribution in [2.45, 2.75) is 101 Å². The van der Waals surface area contributed by atoms with E-state index in [1.165, 1.54) is 12.1 Å². The Labute approximate surface area is 307 Å². The highest BCUT2D eigenvalue weighted by molar-refractivity contribution is 5.94. The molecule has 3 heterocycles. The van der Waals surface area contributed by atoms with Crippen molar-refractivity contribution < 1.29 is 53.5 Å². The second-order valence-electron chi connectivity index (χ2n) is 14.5. The number of nitrogens with zero attached hydrogens (tertiary/aromatic N) is 1. The predicted molar refractivity (Wildman–Crippen MR) is 188 cm³/mol. The number of phenols is 1. The molecule has 288 valence electrons. The topological polar surface area (TPSA) is 225 Å². The number of aliphatic hydroxyl groups excluding tert-OH is 2. The van der Waals surface area contributed by atoms with E-state index in [1.807, 2.05) is 13.8 Å². The fourth-order valence-electron chi connectivity index (χ4n) is 6.82. The molecule has 0 spiro atoms. The molecule has 3 fully saturated rings. The Morgan fingerprint density at radius 2 is 1.49 bits per heavy atom. The van der Waals surface area contributed by atoms with E-state index in [2.05, 4.69) is 21.3 Å². The maximum absolute atomic E-state index is 13.9. The number of benzene rings is 2. The second kappa shape index (κ2) is 17.0. The number of rotatable bonds is 7. The van der Waals surface area contributed by atoms with Crippen molar-refractivity contribution in [2.24, 2.45) is 5.92 Å². The number of ether oxygens (including phenoxy) is 3. The van der Waals surface area contributed by atoms with E-state index in [4.69, 9.17) is 14.2 Å². The van der Waals surface area contributed by atoms with Crippen molar-refractivity contribution in [2.75, 3.05) is 19.7 Å². The molecule has 5 rings (SSSR count).